The van der Waals surface area contributed by atoms with Crippen LogP contribution >= 0.6 is 0 Å². The maximum Gasteiger partial charge on any atom is -0.0233 e. The maximum atomic E-state index is 2.44. The Morgan fingerprint density at radius 3 is 2.21 bits per heavy atom. The van der Waals surface area contributed by atoms with Gasteiger partial charge in [-0.1, -0.05) is 59.1 Å². The summed E-state index contributed by atoms with van der Waals surface area (Å²) in [7, 11) is 0. The van der Waals surface area contributed by atoms with Crippen molar-refractivity contribution in [3.63, 3.8) is 0 Å². The molecular formula is C14H28. The van der Waals surface area contributed by atoms with Crippen molar-refractivity contribution in [3.05, 3.63) is 12.2 Å². The molecular weight excluding hydrogens is 168 g/mol. The third-order valence-corrected chi connectivity index (χ3v) is 2.69. The first kappa shape index (κ1) is 13.7. The van der Waals surface area contributed by atoms with Gasteiger partial charge in [0.2, 0.25) is 0 Å². The lowest BCUT2D eigenvalue weighted by atomic mass is 9.93. The minimum Gasteiger partial charge on any atom is -0.0885 e. The summed E-state index contributed by atoms with van der Waals surface area (Å²) in [6.45, 7) is 9.14. The summed E-state index contributed by atoms with van der Waals surface area (Å²) in [5, 5.41) is 0. The van der Waals surface area contributed by atoms with Crippen LogP contribution in [-0.2, 0) is 0 Å². The molecule has 0 aliphatic carbocycles. The van der Waals surface area contributed by atoms with Crippen molar-refractivity contribution >= 4 is 0 Å². The lowest BCUT2D eigenvalue weighted by Crippen LogP contribution is -1.99. The fraction of sp³-hybridized carbons (Fsp3) is 0.857. The Hall–Kier alpha value is -0.260. The van der Waals surface area contributed by atoms with Gasteiger partial charge in [0.15, 0.2) is 0 Å². The van der Waals surface area contributed by atoms with Crippen LogP contribution in [0, 0.1) is 11.8 Å². The zero-order chi connectivity index (χ0) is 10.8. The van der Waals surface area contributed by atoms with Crippen molar-refractivity contribution < 1.29 is 0 Å². The molecule has 0 N–H and O–H groups in total. The highest BCUT2D eigenvalue weighted by molar-refractivity contribution is 4.87. The number of hydrogen-bond acceptors (Lipinski definition) is 0. The molecule has 0 nitrogen and oxygen atoms in total. The van der Waals surface area contributed by atoms with Crippen molar-refractivity contribution in [1.29, 1.82) is 0 Å². The summed E-state index contributed by atoms with van der Waals surface area (Å²) in [6, 6.07) is 0. The second-order valence-corrected chi connectivity index (χ2v) is 4.71. The van der Waals surface area contributed by atoms with Gasteiger partial charge in [-0.3, -0.25) is 0 Å². The van der Waals surface area contributed by atoms with E-state index in [0.29, 0.717) is 0 Å². The van der Waals surface area contributed by atoms with Gasteiger partial charge in [0.25, 0.3) is 0 Å². The quantitative estimate of drug-likeness (QED) is 0.468. The maximum absolute atomic E-state index is 2.44. The van der Waals surface area contributed by atoms with Gasteiger partial charge in [-0.05, 0) is 31.1 Å². The minimum atomic E-state index is 0.845. The molecule has 0 aliphatic heterocycles. The average molecular weight is 196 g/mol. The smallest absolute Gasteiger partial charge is 0.0233 e. The summed E-state index contributed by atoms with van der Waals surface area (Å²) in [4.78, 5) is 0. The Morgan fingerprint density at radius 1 is 1.00 bits per heavy atom. The first-order chi connectivity index (χ1) is 6.70. The molecule has 1 unspecified atom stereocenters. The average Bonchev–Trinajstić information content (AvgIpc) is 2.16. The highest BCUT2D eigenvalue weighted by Gasteiger charge is 2.05. The SMILES string of the molecule is CCC=CC(CCCC)CCC(C)C. The molecule has 0 aromatic rings. The predicted molar refractivity (Wildman–Crippen MR) is 66.5 cm³/mol. The number of hydrogen-bond donors (Lipinski definition) is 0. The Balaban J connectivity index is 3.78. The van der Waals surface area contributed by atoms with Crippen molar-refractivity contribution in [2.45, 2.75) is 66.2 Å². The van der Waals surface area contributed by atoms with Crippen LogP contribution in [0.5, 0.6) is 0 Å². The van der Waals surface area contributed by atoms with Crippen LogP contribution in [0.1, 0.15) is 66.2 Å². The summed E-state index contributed by atoms with van der Waals surface area (Å²) in [5.74, 6) is 1.70. The number of unbranched alkanes of at least 4 members (excludes halogenated alkanes) is 1. The zero-order valence-corrected chi connectivity index (χ0v) is 10.6. The minimum absolute atomic E-state index is 0.845. The second-order valence-electron chi connectivity index (χ2n) is 4.71. The van der Waals surface area contributed by atoms with Gasteiger partial charge in [-0.25, -0.2) is 0 Å². The van der Waals surface area contributed by atoms with Crippen LogP contribution in [0.2, 0.25) is 0 Å². The Kier molecular flexibility index (Phi) is 9.13. The van der Waals surface area contributed by atoms with E-state index in [1.165, 1.54) is 38.5 Å². The molecule has 0 rings (SSSR count). The van der Waals surface area contributed by atoms with E-state index in [9.17, 15) is 0 Å². The van der Waals surface area contributed by atoms with Crippen molar-refractivity contribution in [2.75, 3.05) is 0 Å². The number of rotatable bonds is 8. The van der Waals surface area contributed by atoms with Crippen LogP contribution < -0.4 is 0 Å². The standard InChI is InChI=1S/C14H28/c1-5-7-9-14(10-8-6-2)12-11-13(3)4/h7,9,13-14H,5-6,8,10-12H2,1-4H3. The summed E-state index contributed by atoms with van der Waals surface area (Å²) in [5.41, 5.74) is 0. The van der Waals surface area contributed by atoms with Crippen molar-refractivity contribution in [3.8, 4) is 0 Å². The van der Waals surface area contributed by atoms with E-state index in [1.807, 2.05) is 0 Å². The first-order valence-electron chi connectivity index (χ1n) is 6.37. The molecule has 0 aromatic heterocycles. The number of allylic oxidation sites excluding steroid dienone is 2. The van der Waals surface area contributed by atoms with Crippen molar-refractivity contribution in [2.24, 2.45) is 11.8 Å². The lowest BCUT2D eigenvalue weighted by molar-refractivity contribution is 0.449. The molecule has 0 saturated heterocycles. The van der Waals surface area contributed by atoms with Gasteiger partial charge in [0.05, 0.1) is 0 Å². The third kappa shape index (κ3) is 8.34. The third-order valence-electron chi connectivity index (χ3n) is 2.69. The fourth-order valence-electron chi connectivity index (χ4n) is 1.68. The monoisotopic (exact) mass is 196 g/mol. The molecule has 1 atom stereocenters. The van der Waals surface area contributed by atoms with Gasteiger partial charge >= 0.3 is 0 Å². The summed E-state index contributed by atoms with van der Waals surface area (Å²) >= 11 is 0. The molecule has 0 aromatic carbocycles. The van der Waals surface area contributed by atoms with Crippen LogP contribution in [0.25, 0.3) is 0 Å². The van der Waals surface area contributed by atoms with E-state index in [4.69, 9.17) is 0 Å². The second kappa shape index (κ2) is 9.30. The molecule has 0 saturated carbocycles. The lowest BCUT2D eigenvalue weighted by Gasteiger charge is -2.13. The topological polar surface area (TPSA) is 0 Å². The van der Waals surface area contributed by atoms with Crippen LogP contribution in [0.15, 0.2) is 12.2 Å². The van der Waals surface area contributed by atoms with E-state index >= 15 is 0 Å². The molecule has 14 heavy (non-hydrogen) atoms. The normalized spacial score (nSPS) is 14.1. The summed E-state index contributed by atoms with van der Waals surface area (Å²) < 4.78 is 0. The largest absolute Gasteiger partial charge is 0.0885 e. The van der Waals surface area contributed by atoms with E-state index in [2.05, 4.69) is 39.8 Å². The Morgan fingerprint density at radius 2 is 1.71 bits per heavy atom. The molecule has 0 spiro atoms. The van der Waals surface area contributed by atoms with Crippen LogP contribution in [0.3, 0.4) is 0 Å². The highest BCUT2D eigenvalue weighted by atomic mass is 14.1. The van der Waals surface area contributed by atoms with E-state index in [1.54, 1.807) is 0 Å². The van der Waals surface area contributed by atoms with Gasteiger partial charge in [0, 0.05) is 0 Å². The van der Waals surface area contributed by atoms with Gasteiger partial charge in [-0.15, -0.1) is 0 Å². The molecule has 0 fully saturated rings. The fourth-order valence-corrected chi connectivity index (χ4v) is 1.68. The van der Waals surface area contributed by atoms with Crippen LogP contribution in [0.4, 0.5) is 0 Å². The Bertz CT molecular complexity index is 133. The van der Waals surface area contributed by atoms with Crippen LogP contribution in [-0.4, -0.2) is 0 Å². The first-order valence-corrected chi connectivity index (χ1v) is 6.37. The highest BCUT2D eigenvalue weighted by Crippen LogP contribution is 2.19. The predicted octanol–water partition coefficient (Wildman–Crippen LogP) is 5.20. The van der Waals surface area contributed by atoms with Gasteiger partial charge < -0.3 is 0 Å². The van der Waals surface area contributed by atoms with Crippen molar-refractivity contribution in [1.82, 2.24) is 0 Å². The molecule has 0 heteroatoms. The summed E-state index contributed by atoms with van der Waals surface area (Å²) in [6.07, 6.45) is 12.8. The van der Waals surface area contributed by atoms with Gasteiger partial charge in [-0.2, -0.15) is 0 Å². The van der Waals surface area contributed by atoms with E-state index in [0.717, 1.165) is 11.8 Å². The van der Waals surface area contributed by atoms with E-state index in [-0.39, 0.29) is 0 Å². The molecule has 0 radical (unpaired) electrons. The molecule has 0 bridgehead atoms. The van der Waals surface area contributed by atoms with E-state index < -0.39 is 0 Å². The Labute approximate surface area is 90.8 Å². The zero-order valence-electron chi connectivity index (χ0n) is 10.6. The van der Waals surface area contributed by atoms with Gasteiger partial charge in [0.1, 0.15) is 0 Å². The molecule has 0 amide bonds. The molecule has 0 aliphatic rings. The molecule has 84 valence electrons. The molecule has 0 heterocycles.